The molecule has 1 fully saturated rings. The number of pyridine rings is 1. The lowest BCUT2D eigenvalue weighted by molar-refractivity contribution is -1.11. The number of carbonyl (C=O) groups is 1. The monoisotopic (exact) mass is 565 g/mol. The molecule has 1 aromatic heterocycles. The number of hydrogen-bond acceptors (Lipinski definition) is 4. The van der Waals surface area contributed by atoms with Crippen molar-refractivity contribution in [3.8, 4) is 11.3 Å². The number of nitrogens with one attached hydrogen (secondary N) is 1. The molecule has 5 rings (SSSR count). The van der Waals surface area contributed by atoms with E-state index in [1.54, 1.807) is 7.11 Å². The van der Waals surface area contributed by atoms with E-state index in [4.69, 9.17) is 9.82 Å². The summed E-state index contributed by atoms with van der Waals surface area (Å²) in [4.78, 5) is 28.4. The van der Waals surface area contributed by atoms with Crippen LogP contribution in [0.3, 0.4) is 0 Å². The summed E-state index contributed by atoms with van der Waals surface area (Å²) in [5.41, 5.74) is 5.48. The normalized spacial score (nSPS) is 15.5. The van der Waals surface area contributed by atoms with Crippen LogP contribution in [0.25, 0.3) is 22.2 Å². The number of amides is 1. The van der Waals surface area contributed by atoms with Gasteiger partial charge >= 0.3 is 0 Å². The number of rotatable bonds is 14. The van der Waals surface area contributed by atoms with Gasteiger partial charge in [0.2, 0.25) is 0 Å². The number of para-hydroxylation sites is 1. The van der Waals surface area contributed by atoms with Gasteiger partial charge in [-0.1, -0.05) is 85.8 Å². The Morgan fingerprint density at radius 3 is 2.31 bits per heavy atom. The number of quaternary nitrogens is 1. The SMILES string of the molecule is CCN(C)CCC[N+](CC)(Cc1c(-c2ccccc2)nc2ccccc2c1C(=O)NC(c1ccccc1)C1CC1)OC. The van der Waals surface area contributed by atoms with E-state index in [1.165, 1.54) is 0 Å². The summed E-state index contributed by atoms with van der Waals surface area (Å²) in [7, 11) is 3.95. The molecular weight excluding hydrogens is 520 g/mol. The predicted octanol–water partition coefficient (Wildman–Crippen LogP) is 7.02. The van der Waals surface area contributed by atoms with E-state index in [2.05, 4.69) is 67.5 Å². The fourth-order valence-electron chi connectivity index (χ4n) is 5.99. The van der Waals surface area contributed by atoms with Gasteiger partial charge in [-0.15, -0.1) is 0 Å². The number of hydroxylamine groups is 3. The molecule has 1 amide bonds. The minimum absolute atomic E-state index is 0.0175. The van der Waals surface area contributed by atoms with Crippen LogP contribution in [0.2, 0.25) is 0 Å². The number of hydrogen-bond donors (Lipinski definition) is 1. The van der Waals surface area contributed by atoms with E-state index in [-0.39, 0.29) is 11.9 Å². The van der Waals surface area contributed by atoms with Crippen molar-refractivity contribution < 1.29 is 14.3 Å². The van der Waals surface area contributed by atoms with Crippen molar-refractivity contribution in [1.82, 2.24) is 15.2 Å². The van der Waals surface area contributed by atoms with Gasteiger partial charge < -0.3 is 10.2 Å². The molecule has 1 aliphatic rings. The van der Waals surface area contributed by atoms with E-state index in [0.717, 1.165) is 78.7 Å². The molecule has 6 heteroatoms. The molecule has 0 bridgehead atoms. The zero-order valence-electron chi connectivity index (χ0n) is 25.6. The highest BCUT2D eigenvalue weighted by molar-refractivity contribution is 6.09. The molecule has 3 aromatic carbocycles. The quantitative estimate of drug-likeness (QED) is 0.132. The molecule has 1 saturated carbocycles. The first kappa shape index (κ1) is 29.9. The predicted molar refractivity (Wildman–Crippen MR) is 171 cm³/mol. The number of carbonyl (C=O) groups excluding carboxylic acids is 1. The number of fused-ring (bicyclic) bond motifs is 1. The molecule has 0 radical (unpaired) electrons. The van der Waals surface area contributed by atoms with Gasteiger partial charge in [0.25, 0.3) is 5.91 Å². The van der Waals surface area contributed by atoms with Gasteiger partial charge in [-0.2, -0.15) is 4.65 Å². The largest absolute Gasteiger partial charge is 0.345 e. The van der Waals surface area contributed by atoms with Crippen LogP contribution in [-0.4, -0.2) is 60.8 Å². The average molecular weight is 566 g/mol. The molecular formula is C36H45N4O2+. The number of nitrogens with zero attached hydrogens (tertiary/aromatic N) is 3. The summed E-state index contributed by atoms with van der Waals surface area (Å²) < 4.78 is 0.419. The summed E-state index contributed by atoms with van der Waals surface area (Å²) in [5.74, 6) is 0.416. The lowest BCUT2D eigenvalue weighted by Gasteiger charge is -2.35. The molecule has 220 valence electrons. The number of aromatic nitrogens is 1. The van der Waals surface area contributed by atoms with Crippen molar-refractivity contribution in [1.29, 1.82) is 0 Å². The van der Waals surface area contributed by atoms with Gasteiger partial charge in [0.15, 0.2) is 0 Å². The minimum atomic E-state index is -0.0439. The van der Waals surface area contributed by atoms with Crippen LogP contribution in [0.4, 0.5) is 0 Å². The fourth-order valence-corrected chi connectivity index (χ4v) is 5.99. The lowest BCUT2D eigenvalue weighted by atomic mass is 9.94. The van der Waals surface area contributed by atoms with E-state index >= 15 is 0 Å². The summed E-state index contributed by atoms with van der Waals surface area (Å²) in [6, 6.07) is 28.7. The van der Waals surface area contributed by atoms with Gasteiger partial charge in [-0.05, 0) is 50.9 Å². The van der Waals surface area contributed by atoms with E-state index in [0.29, 0.717) is 22.7 Å². The van der Waals surface area contributed by atoms with Gasteiger partial charge in [-0.3, -0.25) is 4.79 Å². The molecule has 1 N–H and O–H groups in total. The Morgan fingerprint density at radius 1 is 1.00 bits per heavy atom. The van der Waals surface area contributed by atoms with Crippen LogP contribution < -0.4 is 5.32 Å². The second kappa shape index (κ2) is 13.6. The lowest BCUT2D eigenvalue weighted by Crippen LogP contribution is -2.48. The zero-order chi connectivity index (χ0) is 29.5. The highest BCUT2D eigenvalue weighted by Gasteiger charge is 2.36. The van der Waals surface area contributed by atoms with E-state index < -0.39 is 0 Å². The first-order valence-electron chi connectivity index (χ1n) is 15.4. The Bertz CT molecular complexity index is 1470. The molecule has 4 aromatic rings. The topological polar surface area (TPSA) is 54.5 Å². The second-order valence-corrected chi connectivity index (χ2v) is 11.6. The maximum Gasteiger partial charge on any atom is 0.253 e. The van der Waals surface area contributed by atoms with E-state index in [9.17, 15) is 4.79 Å². The highest BCUT2D eigenvalue weighted by Crippen LogP contribution is 2.42. The number of benzene rings is 3. The first-order valence-corrected chi connectivity index (χ1v) is 15.4. The molecule has 42 heavy (non-hydrogen) atoms. The van der Waals surface area contributed by atoms with Crippen LogP contribution in [0, 0.1) is 5.92 Å². The van der Waals surface area contributed by atoms with Crippen molar-refractivity contribution >= 4 is 16.8 Å². The average Bonchev–Trinajstić information content (AvgIpc) is 3.89. The maximum absolute atomic E-state index is 14.6. The van der Waals surface area contributed by atoms with Crippen molar-refractivity contribution in [2.45, 2.75) is 45.7 Å². The molecule has 0 aliphatic heterocycles. The van der Waals surface area contributed by atoms with Crippen molar-refractivity contribution in [3.05, 3.63) is 102 Å². The molecule has 0 saturated heterocycles. The smallest absolute Gasteiger partial charge is 0.253 e. The molecule has 2 atom stereocenters. The van der Waals surface area contributed by atoms with Gasteiger partial charge in [0, 0.05) is 29.5 Å². The Kier molecular flexibility index (Phi) is 9.68. The molecule has 1 heterocycles. The second-order valence-electron chi connectivity index (χ2n) is 11.6. The van der Waals surface area contributed by atoms with E-state index in [1.807, 2.05) is 48.5 Å². The van der Waals surface area contributed by atoms with Gasteiger partial charge in [-0.25, -0.2) is 9.82 Å². The summed E-state index contributed by atoms with van der Waals surface area (Å²) in [6.45, 7) is 8.53. The third kappa shape index (κ3) is 6.73. The van der Waals surface area contributed by atoms with Crippen LogP contribution in [0.5, 0.6) is 0 Å². The summed E-state index contributed by atoms with van der Waals surface area (Å²) >= 11 is 0. The van der Waals surface area contributed by atoms with Gasteiger partial charge in [0.05, 0.1) is 29.9 Å². The fraction of sp³-hybridized carbons (Fsp3) is 0.389. The van der Waals surface area contributed by atoms with Crippen molar-refractivity contribution in [3.63, 3.8) is 0 Å². The zero-order valence-corrected chi connectivity index (χ0v) is 25.6. The molecule has 1 aliphatic carbocycles. The standard InChI is InChI=1S/C36H44N4O2/c1-5-39(3)24-15-25-40(6-2,42-4)26-31-33(36(41)38-34(29-22-23-29)27-16-9-7-10-17-27)30-20-13-14-21-32(30)37-35(31)28-18-11-8-12-19-28/h7-14,16-21,29,34H,5-6,15,22-26H2,1-4H3/p+1. The Balaban J connectivity index is 1.64. The van der Waals surface area contributed by atoms with Gasteiger partial charge in [0.1, 0.15) is 19.6 Å². The van der Waals surface area contributed by atoms with Crippen LogP contribution in [0.15, 0.2) is 84.9 Å². The van der Waals surface area contributed by atoms with Crippen molar-refractivity contribution in [2.24, 2.45) is 5.92 Å². The van der Waals surface area contributed by atoms with Crippen LogP contribution >= 0.6 is 0 Å². The third-order valence-electron chi connectivity index (χ3n) is 8.86. The first-order chi connectivity index (χ1) is 20.5. The minimum Gasteiger partial charge on any atom is -0.345 e. The maximum atomic E-state index is 14.6. The Hall–Kier alpha value is -3.58. The Labute approximate surface area is 250 Å². The molecule has 0 spiro atoms. The van der Waals surface area contributed by atoms with Crippen LogP contribution in [0.1, 0.15) is 60.6 Å². The summed E-state index contributed by atoms with van der Waals surface area (Å²) in [5, 5.41) is 4.37. The Morgan fingerprint density at radius 2 is 1.67 bits per heavy atom. The van der Waals surface area contributed by atoms with Crippen LogP contribution in [-0.2, 0) is 11.4 Å². The highest BCUT2D eigenvalue weighted by atomic mass is 16.7. The summed E-state index contributed by atoms with van der Waals surface area (Å²) in [6.07, 6.45) is 3.25. The third-order valence-corrected chi connectivity index (χ3v) is 8.86. The van der Waals surface area contributed by atoms with Crippen molar-refractivity contribution in [2.75, 3.05) is 40.3 Å². The molecule has 6 nitrogen and oxygen atoms in total. The molecule has 2 unspecified atom stereocenters.